The fourth-order valence-electron chi connectivity index (χ4n) is 1.58. The largest absolute Gasteiger partial charge is 0.439 e. The summed E-state index contributed by atoms with van der Waals surface area (Å²) in [6.45, 7) is 1.30. The summed E-state index contributed by atoms with van der Waals surface area (Å²) in [5.74, 6) is 1.93. The highest BCUT2D eigenvalue weighted by Gasteiger charge is 2.01. The van der Waals surface area contributed by atoms with Gasteiger partial charge in [0.05, 0.1) is 6.61 Å². The van der Waals surface area contributed by atoms with Gasteiger partial charge in [-0.3, -0.25) is 0 Å². The fourth-order valence-corrected chi connectivity index (χ4v) is 1.58. The van der Waals surface area contributed by atoms with Crippen molar-refractivity contribution in [1.82, 2.24) is 9.97 Å². The lowest BCUT2D eigenvalue weighted by molar-refractivity contribution is 0.210. The third-order valence-electron chi connectivity index (χ3n) is 2.62. The van der Waals surface area contributed by atoms with E-state index in [-0.39, 0.29) is 0 Å². The molecular weight excluding hydrogens is 256 g/mol. The van der Waals surface area contributed by atoms with Gasteiger partial charge in [-0.25, -0.2) is 9.97 Å². The maximum atomic E-state index is 5.67. The van der Waals surface area contributed by atoms with E-state index in [1.807, 2.05) is 31.3 Å². The van der Waals surface area contributed by atoms with Crippen molar-refractivity contribution < 1.29 is 9.47 Å². The number of aromatic nitrogens is 2. The van der Waals surface area contributed by atoms with Gasteiger partial charge in [-0.1, -0.05) is 0 Å². The standard InChI is InChI=1S/C14H18N4O2/c1-15-11-3-5-12(6-4-11)20-14-9-13(17-10-18-14)16-7-8-19-2/h3-6,9-10,15H,7-8H2,1-2H3,(H,16,17,18). The van der Waals surface area contributed by atoms with Gasteiger partial charge in [-0.2, -0.15) is 0 Å². The van der Waals surface area contributed by atoms with E-state index in [4.69, 9.17) is 9.47 Å². The van der Waals surface area contributed by atoms with Crippen molar-refractivity contribution in [3.63, 3.8) is 0 Å². The molecule has 0 spiro atoms. The average molecular weight is 274 g/mol. The van der Waals surface area contributed by atoms with Gasteiger partial charge >= 0.3 is 0 Å². The van der Waals surface area contributed by atoms with Gasteiger partial charge in [0, 0.05) is 32.5 Å². The fraction of sp³-hybridized carbons (Fsp3) is 0.286. The molecule has 2 N–H and O–H groups in total. The summed E-state index contributed by atoms with van der Waals surface area (Å²) < 4.78 is 10.6. The SMILES string of the molecule is CNc1ccc(Oc2cc(NCCOC)ncn2)cc1. The van der Waals surface area contributed by atoms with E-state index in [2.05, 4.69) is 20.6 Å². The van der Waals surface area contributed by atoms with E-state index in [1.54, 1.807) is 13.2 Å². The molecule has 20 heavy (non-hydrogen) atoms. The van der Waals surface area contributed by atoms with E-state index in [0.29, 0.717) is 24.8 Å². The molecule has 0 amide bonds. The van der Waals surface area contributed by atoms with E-state index in [1.165, 1.54) is 6.33 Å². The molecule has 0 aliphatic rings. The van der Waals surface area contributed by atoms with Crippen LogP contribution in [0.15, 0.2) is 36.7 Å². The Hall–Kier alpha value is -2.34. The molecule has 2 aromatic rings. The molecular formula is C14H18N4O2. The number of hydrogen-bond donors (Lipinski definition) is 2. The summed E-state index contributed by atoms with van der Waals surface area (Å²) in [5, 5.41) is 6.18. The first kappa shape index (κ1) is 14.1. The predicted molar refractivity (Wildman–Crippen MR) is 78.5 cm³/mol. The predicted octanol–water partition coefficient (Wildman–Crippen LogP) is 2.37. The monoisotopic (exact) mass is 274 g/mol. The minimum Gasteiger partial charge on any atom is -0.439 e. The van der Waals surface area contributed by atoms with E-state index in [0.717, 1.165) is 11.4 Å². The van der Waals surface area contributed by atoms with Crippen LogP contribution in [-0.4, -0.2) is 37.3 Å². The van der Waals surface area contributed by atoms with Gasteiger partial charge in [0.25, 0.3) is 0 Å². The lowest BCUT2D eigenvalue weighted by Gasteiger charge is -2.08. The van der Waals surface area contributed by atoms with Crippen LogP contribution in [0.4, 0.5) is 11.5 Å². The molecule has 0 saturated carbocycles. The number of rotatable bonds is 7. The molecule has 6 heteroatoms. The summed E-state index contributed by atoms with van der Waals surface area (Å²) in [6, 6.07) is 9.39. The average Bonchev–Trinajstić information content (AvgIpc) is 2.49. The topological polar surface area (TPSA) is 68.3 Å². The Morgan fingerprint density at radius 3 is 2.65 bits per heavy atom. The van der Waals surface area contributed by atoms with Gasteiger partial charge in [0.2, 0.25) is 5.88 Å². The molecule has 0 saturated heterocycles. The molecule has 0 fully saturated rings. The maximum Gasteiger partial charge on any atom is 0.224 e. The molecule has 106 valence electrons. The quantitative estimate of drug-likeness (QED) is 0.755. The number of ether oxygens (including phenoxy) is 2. The van der Waals surface area contributed by atoms with Gasteiger partial charge in [0.15, 0.2) is 0 Å². The van der Waals surface area contributed by atoms with Crippen LogP contribution in [0.5, 0.6) is 11.6 Å². The van der Waals surface area contributed by atoms with Crippen molar-refractivity contribution >= 4 is 11.5 Å². The van der Waals surface area contributed by atoms with Gasteiger partial charge in [-0.05, 0) is 24.3 Å². The van der Waals surface area contributed by atoms with Crippen LogP contribution in [0.25, 0.3) is 0 Å². The Kier molecular flexibility index (Phi) is 5.14. The van der Waals surface area contributed by atoms with Crippen molar-refractivity contribution in [3.05, 3.63) is 36.7 Å². The lowest BCUT2D eigenvalue weighted by atomic mass is 10.3. The second-order valence-corrected chi connectivity index (χ2v) is 4.04. The molecule has 0 atom stereocenters. The lowest BCUT2D eigenvalue weighted by Crippen LogP contribution is -2.08. The second kappa shape index (κ2) is 7.30. The zero-order valence-corrected chi connectivity index (χ0v) is 11.6. The van der Waals surface area contributed by atoms with Crippen molar-refractivity contribution in [3.8, 4) is 11.6 Å². The highest BCUT2D eigenvalue weighted by atomic mass is 16.5. The van der Waals surface area contributed by atoms with Crippen LogP contribution in [0.2, 0.25) is 0 Å². The van der Waals surface area contributed by atoms with Crippen molar-refractivity contribution in [2.75, 3.05) is 37.9 Å². The summed E-state index contributed by atoms with van der Waals surface area (Å²) in [4.78, 5) is 8.20. The minimum absolute atomic E-state index is 0.497. The highest BCUT2D eigenvalue weighted by Crippen LogP contribution is 2.22. The summed E-state index contributed by atoms with van der Waals surface area (Å²) in [6.07, 6.45) is 1.46. The van der Waals surface area contributed by atoms with Crippen molar-refractivity contribution in [1.29, 1.82) is 0 Å². The van der Waals surface area contributed by atoms with E-state index in [9.17, 15) is 0 Å². The molecule has 0 aliphatic heterocycles. The Morgan fingerprint density at radius 1 is 1.15 bits per heavy atom. The highest BCUT2D eigenvalue weighted by molar-refractivity contribution is 5.46. The third kappa shape index (κ3) is 4.10. The molecule has 1 heterocycles. The smallest absolute Gasteiger partial charge is 0.224 e. The minimum atomic E-state index is 0.497. The van der Waals surface area contributed by atoms with Crippen LogP contribution in [0.3, 0.4) is 0 Å². The molecule has 0 aliphatic carbocycles. The first-order chi connectivity index (χ1) is 9.81. The second-order valence-electron chi connectivity index (χ2n) is 4.04. The molecule has 0 radical (unpaired) electrons. The first-order valence-corrected chi connectivity index (χ1v) is 6.32. The summed E-state index contributed by atoms with van der Waals surface area (Å²) >= 11 is 0. The van der Waals surface area contributed by atoms with Gasteiger partial charge in [0.1, 0.15) is 17.9 Å². The molecule has 2 rings (SSSR count). The van der Waals surface area contributed by atoms with Gasteiger partial charge in [-0.15, -0.1) is 0 Å². The third-order valence-corrected chi connectivity index (χ3v) is 2.62. The van der Waals surface area contributed by atoms with E-state index < -0.39 is 0 Å². The zero-order chi connectivity index (χ0) is 14.2. The normalized spacial score (nSPS) is 10.1. The molecule has 6 nitrogen and oxygen atoms in total. The van der Waals surface area contributed by atoms with Crippen LogP contribution in [0.1, 0.15) is 0 Å². The molecule has 0 bridgehead atoms. The molecule has 1 aromatic carbocycles. The molecule has 1 aromatic heterocycles. The van der Waals surface area contributed by atoms with Crippen molar-refractivity contribution in [2.45, 2.75) is 0 Å². The zero-order valence-electron chi connectivity index (χ0n) is 11.6. The number of hydrogen-bond acceptors (Lipinski definition) is 6. The van der Waals surface area contributed by atoms with Crippen LogP contribution in [0, 0.1) is 0 Å². The Bertz CT molecular complexity index is 531. The summed E-state index contributed by atoms with van der Waals surface area (Å²) in [5.41, 5.74) is 1.03. The Labute approximate surface area is 118 Å². The van der Waals surface area contributed by atoms with Gasteiger partial charge < -0.3 is 20.1 Å². The number of nitrogens with zero attached hydrogens (tertiary/aromatic N) is 2. The number of methoxy groups -OCH3 is 1. The number of anilines is 2. The Balaban J connectivity index is 1.99. The van der Waals surface area contributed by atoms with Crippen LogP contribution < -0.4 is 15.4 Å². The van der Waals surface area contributed by atoms with Crippen LogP contribution >= 0.6 is 0 Å². The van der Waals surface area contributed by atoms with Crippen molar-refractivity contribution in [2.24, 2.45) is 0 Å². The molecule has 0 unspecified atom stereocenters. The number of nitrogens with one attached hydrogen (secondary N) is 2. The number of benzene rings is 1. The van der Waals surface area contributed by atoms with Crippen LogP contribution in [-0.2, 0) is 4.74 Å². The Morgan fingerprint density at radius 2 is 1.95 bits per heavy atom. The first-order valence-electron chi connectivity index (χ1n) is 6.32. The van der Waals surface area contributed by atoms with E-state index >= 15 is 0 Å². The maximum absolute atomic E-state index is 5.67. The summed E-state index contributed by atoms with van der Waals surface area (Å²) in [7, 11) is 3.53.